The highest BCUT2D eigenvalue weighted by Gasteiger charge is 2.03. The van der Waals surface area contributed by atoms with Crippen molar-refractivity contribution in [3.05, 3.63) is 99.6 Å². The van der Waals surface area contributed by atoms with E-state index in [2.05, 4.69) is 47.9 Å². The summed E-state index contributed by atoms with van der Waals surface area (Å²) in [6.45, 7) is 4.86. The van der Waals surface area contributed by atoms with E-state index in [1.165, 1.54) is 17.7 Å². The van der Waals surface area contributed by atoms with Gasteiger partial charge in [-0.05, 0) is 42.3 Å². The summed E-state index contributed by atoms with van der Waals surface area (Å²) in [5.74, 6) is 0.855. The quantitative estimate of drug-likeness (QED) is 0.298. The molecule has 3 aromatic carbocycles. The second-order valence-corrected chi connectivity index (χ2v) is 6.83. The zero-order valence-corrected chi connectivity index (χ0v) is 16.4. The molecular formula is C23H25N3O3. The molecule has 0 radical (unpaired) electrons. The van der Waals surface area contributed by atoms with Crippen LogP contribution in [0.1, 0.15) is 16.7 Å². The van der Waals surface area contributed by atoms with Crippen molar-refractivity contribution in [1.29, 1.82) is 0 Å². The predicted molar refractivity (Wildman–Crippen MR) is 115 cm³/mol. The molecule has 0 amide bonds. The number of rotatable bonds is 10. The lowest BCUT2D eigenvalue weighted by molar-refractivity contribution is -0.384. The molecule has 0 unspecified atom stereocenters. The molecule has 0 aliphatic carbocycles. The third-order valence-corrected chi connectivity index (χ3v) is 4.46. The Labute approximate surface area is 170 Å². The first kappa shape index (κ1) is 20.4. The van der Waals surface area contributed by atoms with Crippen LogP contribution in [-0.2, 0) is 13.2 Å². The average Bonchev–Trinajstić information content (AvgIpc) is 2.74. The topological polar surface area (TPSA) is 76.4 Å². The molecule has 0 heterocycles. The Morgan fingerprint density at radius 3 is 2.41 bits per heavy atom. The van der Waals surface area contributed by atoms with Gasteiger partial charge in [-0.3, -0.25) is 10.1 Å². The van der Waals surface area contributed by atoms with Gasteiger partial charge in [0.15, 0.2) is 0 Å². The van der Waals surface area contributed by atoms with Crippen molar-refractivity contribution in [3.63, 3.8) is 0 Å². The number of non-ortho nitro benzene ring substituents is 1. The van der Waals surface area contributed by atoms with Gasteiger partial charge in [0.2, 0.25) is 0 Å². The van der Waals surface area contributed by atoms with E-state index < -0.39 is 4.92 Å². The molecule has 3 aromatic rings. The summed E-state index contributed by atoms with van der Waals surface area (Å²) in [6, 6.07) is 22.8. The van der Waals surface area contributed by atoms with E-state index in [0.29, 0.717) is 6.61 Å². The van der Waals surface area contributed by atoms with Gasteiger partial charge >= 0.3 is 0 Å². The van der Waals surface area contributed by atoms with Crippen molar-refractivity contribution in [1.82, 2.24) is 5.32 Å². The van der Waals surface area contributed by atoms with E-state index in [9.17, 15) is 10.1 Å². The Morgan fingerprint density at radius 2 is 1.69 bits per heavy atom. The minimum atomic E-state index is -0.399. The predicted octanol–water partition coefficient (Wildman–Crippen LogP) is 4.68. The number of hydrogen-bond acceptors (Lipinski definition) is 5. The van der Waals surface area contributed by atoms with Gasteiger partial charge in [0.05, 0.1) is 4.92 Å². The maximum atomic E-state index is 10.7. The summed E-state index contributed by atoms with van der Waals surface area (Å²) >= 11 is 0. The minimum Gasteiger partial charge on any atom is -0.489 e. The highest BCUT2D eigenvalue weighted by molar-refractivity contribution is 5.48. The first-order chi connectivity index (χ1) is 14.1. The van der Waals surface area contributed by atoms with Crippen molar-refractivity contribution in [2.75, 3.05) is 18.4 Å². The molecule has 0 aromatic heterocycles. The third kappa shape index (κ3) is 6.62. The number of nitro groups is 1. The molecule has 6 nitrogen and oxygen atoms in total. The number of nitrogens with zero attached hydrogens (tertiary/aromatic N) is 1. The zero-order chi connectivity index (χ0) is 20.5. The second kappa shape index (κ2) is 10.2. The van der Waals surface area contributed by atoms with E-state index in [0.717, 1.165) is 42.2 Å². The second-order valence-electron chi connectivity index (χ2n) is 6.83. The zero-order valence-electron chi connectivity index (χ0n) is 16.4. The van der Waals surface area contributed by atoms with Crippen LogP contribution in [0.25, 0.3) is 0 Å². The Kier molecular flexibility index (Phi) is 7.19. The molecule has 0 spiro atoms. The Balaban J connectivity index is 1.38. The molecule has 0 bridgehead atoms. The number of ether oxygens (including phenoxy) is 1. The molecule has 0 aliphatic rings. The molecule has 0 fully saturated rings. The smallest absolute Gasteiger partial charge is 0.269 e. The van der Waals surface area contributed by atoms with E-state index >= 15 is 0 Å². The SMILES string of the molecule is Cc1ccc(COc2cccc(CNCCNc3ccc([N+](=O)[O-])cc3)c2)cc1. The molecule has 6 heteroatoms. The monoisotopic (exact) mass is 391 g/mol. The maximum absolute atomic E-state index is 10.7. The lowest BCUT2D eigenvalue weighted by Crippen LogP contribution is -2.21. The molecule has 0 atom stereocenters. The van der Waals surface area contributed by atoms with Crippen molar-refractivity contribution < 1.29 is 9.66 Å². The van der Waals surface area contributed by atoms with Gasteiger partial charge in [-0.2, -0.15) is 0 Å². The minimum absolute atomic E-state index is 0.0955. The van der Waals surface area contributed by atoms with Crippen molar-refractivity contribution in [2.45, 2.75) is 20.1 Å². The fourth-order valence-electron chi connectivity index (χ4n) is 2.83. The summed E-state index contributed by atoms with van der Waals surface area (Å²) in [6.07, 6.45) is 0. The molecule has 3 rings (SSSR count). The number of nitrogens with one attached hydrogen (secondary N) is 2. The summed E-state index contributed by atoms with van der Waals surface area (Å²) in [7, 11) is 0. The van der Waals surface area contributed by atoms with E-state index in [-0.39, 0.29) is 5.69 Å². The Bertz CT molecular complexity index is 925. The van der Waals surface area contributed by atoms with Gasteiger partial charge in [-0.25, -0.2) is 0 Å². The van der Waals surface area contributed by atoms with E-state index in [1.807, 2.05) is 18.2 Å². The average molecular weight is 391 g/mol. The number of nitro benzene ring substituents is 1. The van der Waals surface area contributed by atoms with Crippen LogP contribution >= 0.6 is 0 Å². The Hall–Kier alpha value is -3.38. The number of benzene rings is 3. The summed E-state index contributed by atoms with van der Waals surface area (Å²) in [5, 5.41) is 17.3. The number of anilines is 1. The lowest BCUT2D eigenvalue weighted by atomic mass is 10.2. The molecule has 0 saturated carbocycles. The molecule has 29 heavy (non-hydrogen) atoms. The first-order valence-electron chi connectivity index (χ1n) is 9.56. The van der Waals surface area contributed by atoms with Gasteiger partial charge in [0.25, 0.3) is 5.69 Å². The standard InChI is InChI=1S/C23H25N3O3/c1-18-5-7-19(8-6-18)17-29-23-4-2-3-20(15-23)16-24-13-14-25-21-9-11-22(12-10-21)26(27)28/h2-12,15,24-25H,13-14,16-17H2,1H3. The number of aryl methyl sites for hydroxylation is 1. The van der Waals surface area contributed by atoms with Crippen LogP contribution in [0.3, 0.4) is 0 Å². The van der Waals surface area contributed by atoms with Crippen LogP contribution in [-0.4, -0.2) is 18.0 Å². The van der Waals surface area contributed by atoms with Gasteiger partial charge < -0.3 is 15.4 Å². The molecule has 2 N–H and O–H groups in total. The Morgan fingerprint density at radius 1 is 0.931 bits per heavy atom. The molecular weight excluding hydrogens is 366 g/mol. The van der Waals surface area contributed by atoms with Crippen molar-refractivity contribution >= 4 is 11.4 Å². The molecule has 150 valence electrons. The van der Waals surface area contributed by atoms with Crippen LogP contribution in [0, 0.1) is 17.0 Å². The summed E-state index contributed by atoms with van der Waals surface area (Å²) < 4.78 is 5.90. The molecule has 0 saturated heterocycles. The van der Waals surface area contributed by atoms with Gasteiger partial charge in [0, 0.05) is 37.5 Å². The van der Waals surface area contributed by atoms with Gasteiger partial charge in [-0.1, -0.05) is 42.0 Å². The maximum Gasteiger partial charge on any atom is 0.269 e. The third-order valence-electron chi connectivity index (χ3n) is 4.46. The first-order valence-corrected chi connectivity index (χ1v) is 9.56. The van der Waals surface area contributed by atoms with Crippen LogP contribution in [0.15, 0.2) is 72.8 Å². The summed E-state index contributed by atoms with van der Waals surface area (Å²) in [4.78, 5) is 10.3. The molecule has 0 aliphatic heterocycles. The summed E-state index contributed by atoms with van der Waals surface area (Å²) in [5.41, 5.74) is 4.50. The van der Waals surface area contributed by atoms with Crippen LogP contribution < -0.4 is 15.4 Å². The van der Waals surface area contributed by atoms with Crippen LogP contribution in [0.4, 0.5) is 11.4 Å². The normalized spacial score (nSPS) is 10.5. The largest absolute Gasteiger partial charge is 0.489 e. The van der Waals surface area contributed by atoms with E-state index in [1.54, 1.807) is 12.1 Å². The van der Waals surface area contributed by atoms with Crippen molar-refractivity contribution in [3.8, 4) is 5.75 Å². The lowest BCUT2D eigenvalue weighted by Gasteiger charge is -2.10. The highest BCUT2D eigenvalue weighted by atomic mass is 16.6. The fraction of sp³-hybridized carbons (Fsp3) is 0.217. The van der Waals surface area contributed by atoms with Crippen LogP contribution in [0.2, 0.25) is 0 Å². The number of hydrogen-bond donors (Lipinski definition) is 2. The van der Waals surface area contributed by atoms with Gasteiger partial charge in [-0.15, -0.1) is 0 Å². The van der Waals surface area contributed by atoms with Crippen molar-refractivity contribution in [2.24, 2.45) is 0 Å². The van der Waals surface area contributed by atoms with Gasteiger partial charge in [0.1, 0.15) is 12.4 Å². The highest BCUT2D eigenvalue weighted by Crippen LogP contribution is 2.16. The van der Waals surface area contributed by atoms with E-state index in [4.69, 9.17) is 4.74 Å². The fourth-order valence-corrected chi connectivity index (χ4v) is 2.83. The van der Waals surface area contributed by atoms with Crippen LogP contribution in [0.5, 0.6) is 5.75 Å².